The van der Waals surface area contributed by atoms with Crippen molar-refractivity contribution in [3.63, 3.8) is 0 Å². The Labute approximate surface area is 144 Å². The second kappa shape index (κ2) is 7.65. The summed E-state index contributed by atoms with van der Waals surface area (Å²) in [7, 11) is 1.91. The van der Waals surface area contributed by atoms with Gasteiger partial charge in [0.1, 0.15) is 0 Å². The summed E-state index contributed by atoms with van der Waals surface area (Å²) in [4.78, 5) is 14.9. The summed E-state index contributed by atoms with van der Waals surface area (Å²) in [6.45, 7) is 3.13. The lowest BCUT2D eigenvalue weighted by Gasteiger charge is -2.31. The van der Waals surface area contributed by atoms with Crippen LogP contribution in [0, 0.1) is 0 Å². The highest BCUT2D eigenvalue weighted by atomic mass is 16.2. The van der Waals surface area contributed by atoms with Crippen LogP contribution in [-0.2, 0) is 18.3 Å². The summed E-state index contributed by atoms with van der Waals surface area (Å²) in [5.74, 6) is 0.728. The van der Waals surface area contributed by atoms with Crippen LogP contribution < -0.4 is 0 Å². The molecule has 2 aromatic rings. The molecule has 1 fully saturated rings. The zero-order valence-electron chi connectivity index (χ0n) is 14.7. The van der Waals surface area contributed by atoms with Gasteiger partial charge in [0.25, 0.3) is 0 Å². The number of aryl methyl sites for hydroxylation is 2. The third-order valence-corrected chi connectivity index (χ3v) is 5.14. The highest BCUT2D eigenvalue weighted by Gasteiger charge is 2.34. The molecule has 1 amide bonds. The monoisotopic (exact) mass is 325 g/mol. The van der Waals surface area contributed by atoms with Crippen LogP contribution in [-0.4, -0.2) is 33.2 Å². The van der Waals surface area contributed by atoms with Gasteiger partial charge in [-0.1, -0.05) is 37.3 Å². The molecular weight excluding hydrogens is 298 g/mol. The van der Waals surface area contributed by atoms with E-state index in [2.05, 4.69) is 47.3 Å². The minimum absolute atomic E-state index is 0.288. The van der Waals surface area contributed by atoms with Gasteiger partial charge in [-0.2, -0.15) is 5.10 Å². The average molecular weight is 325 g/mol. The fourth-order valence-electron chi connectivity index (χ4n) is 3.95. The van der Waals surface area contributed by atoms with Crippen molar-refractivity contribution in [2.24, 2.45) is 7.05 Å². The summed E-state index contributed by atoms with van der Waals surface area (Å²) in [6, 6.07) is 11.0. The fraction of sp³-hybridized carbons (Fsp3) is 0.500. The molecular formula is C20H27N3O. The van der Waals surface area contributed by atoms with Crippen LogP contribution in [0.3, 0.4) is 0 Å². The van der Waals surface area contributed by atoms with Crippen molar-refractivity contribution in [2.45, 2.75) is 51.0 Å². The molecule has 4 heteroatoms. The van der Waals surface area contributed by atoms with E-state index in [1.54, 1.807) is 4.68 Å². The molecule has 1 saturated heterocycles. The molecule has 0 spiro atoms. The Bertz CT molecular complexity index is 665. The van der Waals surface area contributed by atoms with Gasteiger partial charge in [-0.05, 0) is 36.8 Å². The van der Waals surface area contributed by atoms with Crippen molar-refractivity contribution in [3.05, 3.63) is 53.9 Å². The lowest BCUT2D eigenvalue weighted by atomic mass is 9.87. The van der Waals surface area contributed by atoms with Gasteiger partial charge in [-0.25, -0.2) is 0 Å². The topological polar surface area (TPSA) is 38.1 Å². The maximum Gasteiger partial charge on any atom is 0.223 e. The van der Waals surface area contributed by atoms with Crippen LogP contribution in [0.25, 0.3) is 0 Å². The molecule has 0 unspecified atom stereocenters. The van der Waals surface area contributed by atoms with Crippen molar-refractivity contribution in [1.82, 2.24) is 14.7 Å². The van der Waals surface area contributed by atoms with Gasteiger partial charge in [0.2, 0.25) is 5.91 Å². The standard InChI is InChI=1S/C20H27N3O/c1-3-18(17-8-5-4-6-9-17)19-10-7-13-23(19)20(24)12-11-16-14-21-22(2)15-16/h4-6,8-9,14-15,18-19H,3,7,10-13H2,1-2H3/t18-,19+/m0/s1. The van der Waals surface area contributed by atoms with Crippen LogP contribution in [0.2, 0.25) is 0 Å². The highest BCUT2D eigenvalue weighted by molar-refractivity contribution is 5.77. The number of benzene rings is 1. The Hall–Kier alpha value is -2.10. The first-order valence-electron chi connectivity index (χ1n) is 9.01. The van der Waals surface area contributed by atoms with Crippen molar-refractivity contribution >= 4 is 5.91 Å². The molecule has 3 rings (SSSR count). The Morgan fingerprint density at radius 3 is 2.79 bits per heavy atom. The van der Waals surface area contributed by atoms with Gasteiger partial charge in [-0.3, -0.25) is 9.48 Å². The minimum Gasteiger partial charge on any atom is -0.339 e. The molecule has 24 heavy (non-hydrogen) atoms. The quantitative estimate of drug-likeness (QED) is 0.815. The molecule has 0 N–H and O–H groups in total. The van der Waals surface area contributed by atoms with Crippen LogP contribution in [0.5, 0.6) is 0 Å². The molecule has 1 aliphatic heterocycles. The highest BCUT2D eigenvalue weighted by Crippen LogP contribution is 2.34. The van der Waals surface area contributed by atoms with Crippen LogP contribution in [0.15, 0.2) is 42.7 Å². The smallest absolute Gasteiger partial charge is 0.223 e. The summed E-state index contributed by atoms with van der Waals surface area (Å²) >= 11 is 0. The number of hydrogen-bond donors (Lipinski definition) is 0. The van der Waals surface area contributed by atoms with E-state index in [4.69, 9.17) is 0 Å². The number of rotatable bonds is 6. The SMILES string of the molecule is CC[C@@H](c1ccccc1)[C@H]1CCCN1C(=O)CCc1cnn(C)c1. The normalized spacial score (nSPS) is 18.8. The molecule has 4 nitrogen and oxygen atoms in total. The zero-order valence-corrected chi connectivity index (χ0v) is 14.7. The first kappa shape index (κ1) is 16.7. The predicted molar refractivity (Wildman–Crippen MR) is 95.7 cm³/mol. The summed E-state index contributed by atoms with van der Waals surface area (Å²) in [5, 5.41) is 4.18. The second-order valence-corrected chi connectivity index (χ2v) is 6.74. The Morgan fingerprint density at radius 1 is 1.33 bits per heavy atom. The van der Waals surface area contributed by atoms with Crippen molar-refractivity contribution in [1.29, 1.82) is 0 Å². The summed E-state index contributed by atoms with van der Waals surface area (Å²) in [6.07, 6.45) is 8.51. The van der Waals surface area contributed by atoms with E-state index in [-0.39, 0.29) is 5.91 Å². The Morgan fingerprint density at radius 2 is 2.12 bits per heavy atom. The second-order valence-electron chi connectivity index (χ2n) is 6.74. The number of carbonyl (C=O) groups is 1. The maximum absolute atomic E-state index is 12.8. The van der Waals surface area contributed by atoms with Gasteiger partial charge >= 0.3 is 0 Å². The number of likely N-dealkylation sites (tertiary alicyclic amines) is 1. The van der Waals surface area contributed by atoms with Crippen LogP contribution >= 0.6 is 0 Å². The van der Waals surface area contributed by atoms with E-state index in [1.807, 2.05) is 19.4 Å². The number of nitrogens with zero attached hydrogens (tertiary/aromatic N) is 3. The Kier molecular flexibility index (Phi) is 5.34. The lowest BCUT2D eigenvalue weighted by Crippen LogP contribution is -2.39. The molecule has 1 aromatic heterocycles. The van der Waals surface area contributed by atoms with Gasteiger partial charge in [0.05, 0.1) is 6.20 Å². The third kappa shape index (κ3) is 3.69. The largest absolute Gasteiger partial charge is 0.339 e. The molecule has 0 aliphatic carbocycles. The van der Waals surface area contributed by atoms with E-state index in [1.165, 1.54) is 5.56 Å². The van der Waals surface area contributed by atoms with Gasteiger partial charge in [0.15, 0.2) is 0 Å². The molecule has 1 aliphatic rings. The molecule has 0 saturated carbocycles. The van der Waals surface area contributed by atoms with Gasteiger partial charge in [0, 0.05) is 38.2 Å². The maximum atomic E-state index is 12.8. The van der Waals surface area contributed by atoms with Crippen molar-refractivity contribution < 1.29 is 4.79 Å². The molecule has 2 atom stereocenters. The summed E-state index contributed by atoms with van der Waals surface area (Å²) in [5.41, 5.74) is 2.49. The molecule has 2 heterocycles. The Balaban J connectivity index is 1.66. The van der Waals surface area contributed by atoms with Gasteiger partial charge in [-0.15, -0.1) is 0 Å². The predicted octanol–water partition coefficient (Wildman–Crippen LogP) is 3.54. The average Bonchev–Trinajstić information content (AvgIpc) is 3.24. The van der Waals surface area contributed by atoms with E-state index in [0.717, 1.165) is 37.8 Å². The first-order valence-corrected chi connectivity index (χ1v) is 9.01. The van der Waals surface area contributed by atoms with E-state index in [9.17, 15) is 4.79 Å². The molecule has 1 aromatic carbocycles. The van der Waals surface area contributed by atoms with E-state index < -0.39 is 0 Å². The van der Waals surface area contributed by atoms with Crippen LogP contribution in [0.4, 0.5) is 0 Å². The number of amides is 1. The number of hydrogen-bond acceptors (Lipinski definition) is 2. The fourth-order valence-corrected chi connectivity index (χ4v) is 3.95. The van der Waals surface area contributed by atoms with Crippen LogP contribution in [0.1, 0.15) is 49.7 Å². The summed E-state index contributed by atoms with van der Waals surface area (Å²) < 4.78 is 1.79. The van der Waals surface area contributed by atoms with E-state index in [0.29, 0.717) is 18.4 Å². The van der Waals surface area contributed by atoms with E-state index >= 15 is 0 Å². The zero-order chi connectivity index (χ0) is 16.9. The third-order valence-electron chi connectivity index (χ3n) is 5.14. The first-order chi connectivity index (χ1) is 11.7. The molecule has 128 valence electrons. The molecule has 0 radical (unpaired) electrons. The number of carbonyl (C=O) groups excluding carboxylic acids is 1. The van der Waals surface area contributed by atoms with Gasteiger partial charge < -0.3 is 4.90 Å². The number of aromatic nitrogens is 2. The lowest BCUT2D eigenvalue weighted by molar-refractivity contribution is -0.132. The molecule has 0 bridgehead atoms. The minimum atomic E-state index is 0.288. The van der Waals surface area contributed by atoms with Crippen molar-refractivity contribution in [3.8, 4) is 0 Å². The van der Waals surface area contributed by atoms with Crippen molar-refractivity contribution in [2.75, 3.05) is 6.54 Å².